The quantitative estimate of drug-likeness (QED) is 0.749. The van der Waals surface area contributed by atoms with E-state index in [2.05, 4.69) is 25.2 Å². The molecule has 0 aromatic heterocycles. The van der Waals surface area contributed by atoms with Crippen LogP contribution in [-0.4, -0.2) is 18.7 Å². The van der Waals surface area contributed by atoms with Gasteiger partial charge >= 0.3 is 0 Å². The van der Waals surface area contributed by atoms with Gasteiger partial charge in [0.2, 0.25) is 0 Å². The highest BCUT2D eigenvalue weighted by molar-refractivity contribution is 6.31. The first-order valence-corrected chi connectivity index (χ1v) is 6.12. The summed E-state index contributed by atoms with van der Waals surface area (Å²) < 4.78 is 6.00. The monoisotopic (exact) mass is 237 g/mol. The normalized spacial score (nSPS) is 32.3. The van der Waals surface area contributed by atoms with Crippen LogP contribution in [-0.2, 0) is 11.3 Å². The first kappa shape index (κ1) is 10.6. The smallest absolute Gasteiger partial charge is 0.0863 e. The van der Waals surface area contributed by atoms with Crippen molar-refractivity contribution in [3.63, 3.8) is 0 Å². The summed E-state index contributed by atoms with van der Waals surface area (Å²) in [5.74, 6) is 0.440. The minimum Gasteiger partial charge on any atom is -0.369 e. The van der Waals surface area contributed by atoms with Gasteiger partial charge in [0.05, 0.1) is 12.2 Å². The molecule has 2 atom stereocenters. The van der Waals surface area contributed by atoms with E-state index in [1.54, 1.807) is 0 Å². The Morgan fingerprint density at radius 2 is 2.31 bits per heavy atom. The van der Waals surface area contributed by atoms with Gasteiger partial charge in [0.25, 0.3) is 0 Å². The molecule has 16 heavy (non-hydrogen) atoms. The van der Waals surface area contributed by atoms with Crippen LogP contribution < -0.4 is 5.32 Å². The molecule has 0 amide bonds. The average Bonchev–Trinajstić information content (AvgIpc) is 2.64. The molecule has 86 valence electrons. The third-order valence-electron chi connectivity index (χ3n) is 3.97. The number of benzene rings is 1. The van der Waals surface area contributed by atoms with E-state index in [4.69, 9.17) is 16.3 Å². The fraction of sp³-hybridized carbons (Fsp3) is 0.538. The van der Waals surface area contributed by atoms with E-state index in [0.29, 0.717) is 12.5 Å². The summed E-state index contributed by atoms with van der Waals surface area (Å²) in [6.45, 7) is 6.93. The molecule has 0 aliphatic carbocycles. The van der Waals surface area contributed by atoms with E-state index in [-0.39, 0.29) is 5.60 Å². The molecule has 1 saturated heterocycles. The van der Waals surface area contributed by atoms with Crippen LogP contribution in [0.3, 0.4) is 0 Å². The van der Waals surface area contributed by atoms with Crippen LogP contribution in [0.2, 0.25) is 5.02 Å². The van der Waals surface area contributed by atoms with Crippen molar-refractivity contribution in [3.05, 3.63) is 33.8 Å². The zero-order valence-electron chi connectivity index (χ0n) is 9.64. The zero-order valence-corrected chi connectivity index (χ0v) is 10.4. The largest absolute Gasteiger partial charge is 0.369 e. The van der Waals surface area contributed by atoms with Gasteiger partial charge in [-0.05, 0) is 31.0 Å². The molecule has 1 aromatic rings. The van der Waals surface area contributed by atoms with Gasteiger partial charge in [-0.3, -0.25) is 0 Å². The van der Waals surface area contributed by atoms with Gasteiger partial charge < -0.3 is 10.1 Å². The maximum atomic E-state index is 6.25. The molecule has 1 N–H and O–H groups in total. The molecule has 2 heterocycles. The Labute approximate surface area is 101 Å². The molecule has 3 rings (SSSR count). The molecule has 2 aliphatic rings. The number of halogens is 1. The Morgan fingerprint density at radius 3 is 3.12 bits per heavy atom. The van der Waals surface area contributed by atoms with E-state index in [1.807, 2.05) is 6.07 Å². The van der Waals surface area contributed by atoms with Crippen LogP contribution >= 0.6 is 11.6 Å². The van der Waals surface area contributed by atoms with Crippen molar-refractivity contribution in [3.8, 4) is 0 Å². The number of ether oxygens (including phenoxy) is 1. The standard InChI is InChI=1S/C13H16ClNO/c1-8-3-4-11(14)9-6-16-13(2)7-15-5-10(13)12(8)9/h3-4,10,15H,5-7H2,1-2H3. The van der Waals surface area contributed by atoms with Crippen molar-refractivity contribution < 1.29 is 4.74 Å². The highest BCUT2D eigenvalue weighted by Gasteiger charge is 2.45. The van der Waals surface area contributed by atoms with Gasteiger partial charge in [-0.15, -0.1) is 0 Å². The topological polar surface area (TPSA) is 21.3 Å². The Kier molecular flexibility index (Phi) is 2.29. The number of nitrogens with one attached hydrogen (secondary N) is 1. The van der Waals surface area contributed by atoms with Gasteiger partial charge in [-0.2, -0.15) is 0 Å². The molecule has 0 bridgehead atoms. The van der Waals surface area contributed by atoms with Crippen molar-refractivity contribution in [1.82, 2.24) is 5.32 Å². The second-order valence-electron chi connectivity index (χ2n) is 5.04. The Morgan fingerprint density at radius 1 is 1.50 bits per heavy atom. The fourth-order valence-corrected chi connectivity index (χ4v) is 3.21. The van der Waals surface area contributed by atoms with Crippen molar-refractivity contribution >= 4 is 11.6 Å². The summed E-state index contributed by atoms with van der Waals surface area (Å²) >= 11 is 6.25. The van der Waals surface area contributed by atoms with Crippen molar-refractivity contribution in [2.45, 2.75) is 32.0 Å². The van der Waals surface area contributed by atoms with Crippen LogP contribution in [0, 0.1) is 6.92 Å². The van der Waals surface area contributed by atoms with E-state index < -0.39 is 0 Å². The Hall–Kier alpha value is -0.570. The Balaban J connectivity index is 2.19. The highest BCUT2D eigenvalue weighted by Crippen LogP contribution is 2.44. The van der Waals surface area contributed by atoms with Crippen LogP contribution in [0.1, 0.15) is 29.5 Å². The average molecular weight is 238 g/mol. The first-order valence-electron chi connectivity index (χ1n) is 5.74. The molecule has 0 saturated carbocycles. The van der Waals surface area contributed by atoms with Gasteiger partial charge in [0.1, 0.15) is 0 Å². The van der Waals surface area contributed by atoms with E-state index in [0.717, 1.165) is 18.1 Å². The second kappa shape index (κ2) is 3.46. The van der Waals surface area contributed by atoms with Crippen LogP contribution in [0.15, 0.2) is 12.1 Å². The van der Waals surface area contributed by atoms with E-state index in [1.165, 1.54) is 16.7 Å². The number of hydrogen-bond acceptors (Lipinski definition) is 2. The van der Waals surface area contributed by atoms with Crippen LogP contribution in [0.25, 0.3) is 0 Å². The predicted octanol–water partition coefficient (Wildman–Crippen LogP) is 2.62. The van der Waals surface area contributed by atoms with Crippen molar-refractivity contribution in [2.24, 2.45) is 0 Å². The maximum absolute atomic E-state index is 6.25. The zero-order chi connectivity index (χ0) is 11.3. The lowest BCUT2D eigenvalue weighted by Gasteiger charge is -2.38. The third kappa shape index (κ3) is 1.33. The molecule has 2 unspecified atom stereocenters. The van der Waals surface area contributed by atoms with E-state index >= 15 is 0 Å². The van der Waals surface area contributed by atoms with E-state index in [9.17, 15) is 0 Å². The summed E-state index contributed by atoms with van der Waals surface area (Å²) in [4.78, 5) is 0. The predicted molar refractivity (Wildman–Crippen MR) is 65.0 cm³/mol. The molecule has 2 aliphatic heterocycles. The second-order valence-corrected chi connectivity index (χ2v) is 5.45. The number of aryl methyl sites for hydroxylation is 1. The molecule has 0 spiro atoms. The summed E-state index contributed by atoms with van der Waals surface area (Å²) in [6, 6.07) is 4.09. The molecular weight excluding hydrogens is 222 g/mol. The molecule has 1 aromatic carbocycles. The van der Waals surface area contributed by atoms with Crippen molar-refractivity contribution in [1.29, 1.82) is 0 Å². The molecule has 0 radical (unpaired) electrons. The summed E-state index contributed by atoms with van der Waals surface area (Å²) in [6.07, 6.45) is 0. The molecule has 2 nitrogen and oxygen atoms in total. The van der Waals surface area contributed by atoms with Crippen LogP contribution in [0.4, 0.5) is 0 Å². The summed E-state index contributed by atoms with van der Waals surface area (Å²) in [7, 11) is 0. The minimum absolute atomic E-state index is 0.0531. The summed E-state index contributed by atoms with van der Waals surface area (Å²) in [5.41, 5.74) is 3.88. The fourth-order valence-electron chi connectivity index (χ4n) is 2.99. The Bertz CT molecular complexity index is 446. The van der Waals surface area contributed by atoms with Gasteiger partial charge in [-0.25, -0.2) is 0 Å². The lowest BCUT2D eigenvalue weighted by molar-refractivity contribution is -0.0519. The number of rotatable bonds is 0. The van der Waals surface area contributed by atoms with Crippen molar-refractivity contribution in [2.75, 3.05) is 13.1 Å². The lowest BCUT2D eigenvalue weighted by Crippen LogP contribution is -2.40. The van der Waals surface area contributed by atoms with Gasteiger partial charge in [-0.1, -0.05) is 17.7 Å². The van der Waals surface area contributed by atoms with Gasteiger partial charge in [0.15, 0.2) is 0 Å². The van der Waals surface area contributed by atoms with Gasteiger partial charge in [0, 0.05) is 29.6 Å². The first-order chi connectivity index (χ1) is 7.62. The highest BCUT2D eigenvalue weighted by atomic mass is 35.5. The summed E-state index contributed by atoms with van der Waals surface area (Å²) in [5, 5.41) is 4.27. The van der Waals surface area contributed by atoms with Crippen LogP contribution in [0.5, 0.6) is 0 Å². The number of fused-ring (bicyclic) bond motifs is 3. The molecular formula is C13H16ClNO. The third-order valence-corrected chi connectivity index (χ3v) is 4.33. The SMILES string of the molecule is Cc1ccc(Cl)c2c1C1CNCC1(C)OC2. The molecule has 1 fully saturated rings. The molecule has 3 heteroatoms. The minimum atomic E-state index is -0.0531. The lowest BCUT2D eigenvalue weighted by atomic mass is 9.79. The maximum Gasteiger partial charge on any atom is 0.0863 e. The number of hydrogen-bond donors (Lipinski definition) is 1.